The molecule has 1 heterocycles. The summed E-state index contributed by atoms with van der Waals surface area (Å²) in [6, 6.07) is 7.70. The Kier molecular flexibility index (Phi) is 5.26. The zero-order chi connectivity index (χ0) is 15.4. The Morgan fingerprint density at radius 1 is 1.38 bits per heavy atom. The number of nitrogens with zero attached hydrogens (tertiary/aromatic N) is 1. The van der Waals surface area contributed by atoms with Gasteiger partial charge in [-0.05, 0) is 30.2 Å². The van der Waals surface area contributed by atoms with E-state index in [9.17, 15) is 9.90 Å². The van der Waals surface area contributed by atoms with Crippen molar-refractivity contribution >= 4 is 28.4 Å². The van der Waals surface area contributed by atoms with Gasteiger partial charge in [0.15, 0.2) is 0 Å². The summed E-state index contributed by atoms with van der Waals surface area (Å²) < 4.78 is 2.03. The molecule has 114 valence electrons. The molecule has 1 unspecified atom stereocenters. The second-order valence-corrected chi connectivity index (χ2v) is 6.01. The molecule has 0 radical (unpaired) electrons. The van der Waals surface area contributed by atoms with E-state index in [4.69, 9.17) is 11.6 Å². The van der Waals surface area contributed by atoms with Gasteiger partial charge in [0.05, 0.1) is 6.10 Å². The van der Waals surface area contributed by atoms with Gasteiger partial charge in [0.1, 0.15) is 0 Å². The highest BCUT2D eigenvalue weighted by Crippen LogP contribution is 2.20. The van der Waals surface area contributed by atoms with Crippen LogP contribution in [0.3, 0.4) is 0 Å². The second-order valence-electron chi connectivity index (χ2n) is 5.58. The lowest BCUT2D eigenvalue weighted by atomic mass is 10.1. The molecular weight excluding hydrogens is 288 g/mol. The van der Waals surface area contributed by atoms with E-state index in [1.54, 1.807) is 0 Å². The van der Waals surface area contributed by atoms with Gasteiger partial charge in [0, 0.05) is 41.6 Å². The molecule has 2 aromatic rings. The molecule has 0 aliphatic carbocycles. The summed E-state index contributed by atoms with van der Waals surface area (Å²) in [5.74, 6) is 0.0916. The summed E-state index contributed by atoms with van der Waals surface area (Å²) in [6.45, 7) is 4.76. The number of aryl methyl sites for hydroxylation is 1. The standard InChI is InChI=1S/C16H21ClN2O2/c1-11(2)15(20)10-18-16(21)6-8-19-7-5-12-9-13(17)3-4-14(12)19/h3-5,7,9,11,15,20H,6,8,10H2,1-2H3,(H,18,21). The van der Waals surface area contributed by atoms with Gasteiger partial charge in [-0.1, -0.05) is 25.4 Å². The van der Waals surface area contributed by atoms with Gasteiger partial charge in [-0.15, -0.1) is 0 Å². The number of hydrogen-bond acceptors (Lipinski definition) is 2. The second kappa shape index (κ2) is 6.96. The Balaban J connectivity index is 1.88. The fraction of sp³-hybridized carbons (Fsp3) is 0.438. The first-order chi connectivity index (χ1) is 9.97. The number of rotatable bonds is 6. The van der Waals surface area contributed by atoms with E-state index in [0.29, 0.717) is 24.5 Å². The lowest BCUT2D eigenvalue weighted by molar-refractivity contribution is -0.121. The molecule has 5 heteroatoms. The van der Waals surface area contributed by atoms with Crippen molar-refractivity contribution < 1.29 is 9.90 Å². The van der Waals surface area contributed by atoms with Crippen LogP contribution in [-0.4, -0.2) is 28.2 Å². The minimum atomic E-state index is -0.497. The number of amides is 1. The smallest absolute Gasteiger partial charge is 0.221 e. The molecule has 0 aliphatic rings. The molecule has 0 bridgehead atoms. The predicted molar refractivity (Wildman–Crippen MR) is 85.4 cm³/mol. The molecule has 0 fully saturated rings. The van der Waals surface area contributed by atoms with Crippen LogP contribution in [0.5, 0.6) is 0 Å². The topological polar surface area (TPSA) is 54.3 Å². The average molecular weight is 309 g/mol. The van der Waals surface area contributed by atoms with Gasteiger partial charge in [-0.2, -0.15) is 0 Å². The molecule has 2 N–H and O–H groups in total. The fourth-order valence-corrected chi connectivity index (χ4v) is 2.31. The van der Waals surface area contributed by atoms with Crippen molar-refractivity contribution in [2.24, 2.45) is 5.92 Å². The van der Waals surface area contributed by atoms with Crippen molar-refractivity contribution in [2.45, 2.75) is 32.9 Å². The lowest BCUT2D eigenvalue weighted by Crippen LogP contribution is -2.35. The first-order valence-corrected chi connectivity index (χ1v) is 7.54. The predicted octanol–water partition coefficient (Wildman–Crippen LogP) is 2.82. The minimum absolute atomic E-state index is 0.0505. The SMILES string of the molecule is CC(C)C(O)CNC(=O)CCn1ccc2cc(Cl)ccc21. The maximum absolute atomic E-state index is 11.8. The van der Waals surface area contributed by atoms with Crippen LogP contribution in [0.15, 0.2) is 30.5 Å². The van der Waals surface area contributed by atoms with Gasteiger partial charge in [0.2, 0.25) is 5.91 Å². The van der Waals surface area contributed by atoms with Crippen molar-refractivity contribution in [3.05, 3.63) is 35.5 Å². The molecule has 2 rings (SSSR count). The third kappa shape index (κ3) is 4.22. The molecule has 0 aliphatic heterocycles. The van der Waals surface area contributed by atoms with Crippen molar-refractivity contribution in [3.63, 3.8) is 0 Å². The maximum Gasteiger partial charge on any atom is 0.221 e. The van der Waals surface area contributed by atoms with Gasteiger partial charge in [-0.25, -0.2) is 0 Å². The fourth-order valence-electron chi connectivity index (χ4n) is 2.13. The molecule has 21 heavy (non-hydrogen) atoms. The minimum Gasteiger partial charge on any atom is -0.391 e. The Morgan fingerprint density at radius 2 is 2.14 bits per heavy atom. The zero-order valence-corrected chi connectivity index (χ0v) is 13.1. The van der Waals surface area contributed by atoms with Crippen LogP contribution in [0.25, 0.3) is 10.9 Å². The quantitative estimate of drug-likeness (QED) is 0.862. The van der Waals surface area contributed by atoms with E-state index in [2.05, 4.69) is 5.32 Å². The highest BCUT2D eigenvalue weighted by atomic mass is 35.5. The molecule has 1 aromatic heterocycles. The number of aliphatic hydroxyl groups is 1. The number of halogens is 1. The summed E-state index contributed by atoms with van der Waals surface area (Å²) in [6.07, 6.45) is 1.84. The van der Waals surface area contributed by atoms with Gasteiger partial charge >= 0.3 is 0 Å². The highest BCUT2D eigenvalue weighted by Gasteiger charge is 2.11. The van der Waals surface area contributed by atoms with Gasteiger partial charge in [0.25, 0.3) is 0 Å². The number of fused-ring (bicyclic) bond motifs is 1. The Labute approximate surface area is 129 Å². The summed E-state index contributed by atoms with van der Waals surface area (Å²) in [5.41, 5.74) is 1.06. The van der Waals surface area contributed by atoms with E-state index < -0.39 is 6.10 Å². The summed E-state index contributed by atoms with van der Waals surface area (Å²) in [5, 5.41) is 14.2. The van der Waals surface area contributed by atoms with Crippen LogP contribution >= 0.6 is 11.6 Å². The molecule has 0 saturated carbocycles. The van der Waals surface area contributed by atoms with Crippen LogP contribution in [0.1, 0.15) is 20.3 Å². The number of aliphatic hydroxyl groups excluding tert-OH is 1. The average Bonchev–Trinajstić information content (AvgIpc) is 2.84. The molecule has 4 nitrogen and oxygen atoms in total. The third-order valence-electron chi connectivity index (χ3n) is 3.59. The Hall–Kier alpha value is -1.52. The van der Waals surface area contributed by atoms with E-state index in [0.717, 1.165) is 10.9 Å². The highest BCUT2D eigenvalue weighted by molar-refractivity contribution is 6.31. The zero-order valence-electron chi connectivity index (χ0n) is 12.3. The van der Waals surface area contributed by atoms with Crippen LogP contribution in [0.4, 0.5) is 0 Å². The number of aromatic nitrogens is 1. The van der Waals surface area contributed by atoms with Crippen LogP contribution in [-0.2, 0) is 11.3 Å². The first-order valence-electron chi connectivity index (χ1n) is 7.16. The molecule has 1 amide bonds. The van der Waals surface area contributed by atoms with Crippen LogP contribution in [0, 0.1) is 5.92 Å². The van der Waals surface area contributed by atoms with E-state index in [1.807, 2.05) is 48.9 Å². The van der Waals surface area contributed by atoms with Gasteiger partial charge in [-0.3, -0.25) is 4.79 Å². The first kappa shape index (κ1) is 15.9. The number of carbonyl (C=O) groups is 1. The van der Waals surface area contributed by atoms with E-state index in [1.165, 1.54) is 0 Å². The van der Waals surface area contributed by atoms with Gasteiger partial charge < -0.3 is 15.0 Å². The van der Waals surface area contributed by atoms with E-state index in [-0.39, 0.29) is 11.8 Å². The number of nitrogens with one attached hydrogen (secondary N) is 1. The Bertz CT molecular complexity index is 622. The number of carbonyl (C=O) groups excluding carboxylic acids is 1. The molecule has 0 saturated heterocycles. The van der Waals surface area contributed by atoms with Crippen molar-refractivity contribution in [1.29, 1.82) is 0 Å². The van der Waals surface area contributed by atoms with Crippen LogP contribution in [0.2, 0.25) is 5.02 Å². The molecule has 0 spiro atoms. The third-order valence-corrected chi connectivity index (χ3v) is 3.83. The number of hydrogen-bond donors (Lipinski definition) is 2. The monoisotopic (exact) mass is 308 g/mol. The van der Waals surface area contributed by atoms with Crippen molar-refractivity contribution in [1.82, 2.24) is 9.88 Å². The molecule has 1 aromatic carbocycles. The maximum atomic E-state index is 11.8. The van der Waals surface area contributed by atoms with Crippen LogP contribution < -0.4 is 5.32 Å². The largest absolute Gasteiger partial charge is 0.391 e. The summed E-state index contributed by atoms with van der Waals surface area (Å²) in [4.78, 5) is 11.8. The molecule has 1 atom stereocenters. The summed E-state index contributed by atoms with van der Waals surface area (Å²) in [7, 11) is 0. The summed E-state index contributed by atoms with van der Waals surface area (Å²) >= 11 is 5.95. The molecular formula is C16H21ClN2O2. The van der Waals surface area contributed by atoms with Crippen molar-refractivity contribution in [2.75, 3.05) is 6.54 Å². The lowest BCUT2D eigenvalue weighted by Gasteiger charge is -2.15. The Morgan fingerprint density at radius 3 is 2.86 bits per heavy atom. The normalized spacial score (nSPS) is 12.8. The number of benzene rings is 1. The van der Waals surface area contributed by atoms with E-state index >= 15 is 0 Å². The van der Waals surface area contributed by atoms with Crippen molar-refractivity contribution in [3.8, 4) is 0 Å².